The van der Waals surface area contributed by atoms with E-state index < -0.39 is 0 Å². The van der Waals surface area contributed by atoms with Crippen LogP contribution in [0.3, 0.4) is 0 Å². The second-order valence-corrected chi connectivity index (χ2v) is 16.8. The van der Waals surface area contributed by atoms with Crippen molar-refractivity contribution in [2.45, 2.75) is 0 Å². The third-order valence-electron chi connectivity index (χ3n) is 12.9. The van der Waals surface area contributed by atoms with Crippen molar-refractivity contribution in [3.8, 4) is 67.7 Å². The lowest BCUT2D eigenvalue weighted by atomic mass is 9.92. The van der Waals surface area contributed by atoms with Crippen LogP contribution < -0.4 is 0 Å². The number of hydrogen-bond donors (Lipinski definition) is 0. The molecule has 0 spiro atoms. The lowest BCUT2D eigenvalue weighted by Gasteiger charge is -2.15. The van der Waals surface area contributed by atoms with Crippen LogP contribution in [-0.4, -0.2) is 24.9 Å². The zero-order valence-electron chi connectivity index (χ0n) is 35.6. The van der Waals surface area contributed by atoms with Crippen molar-refractivity contribution in [3.63, 3.8) is 0 Å². The Kier molecular flexibility index (Phi) is 8.78. The molecule has 0 amide bonds. The average molecular weight is 840 g/mol. The summed E-state index contributed by atoms with van der Waals surface area (Å²) in [6.07, 6.45) is 0. The highest BCUT2D eigenvalue weighted by Crippen LogP contribution is 2.41. The van der Waals surface area contributed by atoms with E-state index in [0.29, 0.717) is 5.82 Å². The molecule has 0 atom stereocenters. The first kappa shape index (κ1) is 37.6. The molecule has 0 saturated carbocycles. The number of para-hydroxylation sites is 3. The molecule has 0 saturated heterocycles. The summed E-state index contributed by atoms with van der Waals surface area (Å²) in [5.41, 5.74) is 13.5. The third kappa shape index (κ3) is 6.53. The molecule has 4 aromatic heterocycles. The molecule has 0 aliphatic heterocycles. The summed E-state index contributed by atoms with van der Waals surface area (Å²) in [7, 11) is 0. The Hall–Kier alpha value is -8.93. The van der Waals surface area contributed by atoms with Gasteiger partial charge in [0.15, 0.2) is 5.82 Å². The minimum absolute atomic E-state index is 0.654. The smallest absolute Gasteiger partial charge is 0.161 e. The summed E-state index contributed by atoms with van der Waals surface area (Å²) in [6, 6.07) is 78.6. The Bertz CT molecular complexity index is 3910. The van der Waals surface area contributed by atoms with Gasteiger partial charge in [0.2, 0.25) is 0 Å². The molecule has 0 radical (unpaired) electrons. The predicted molar refractivity (Wildman–Crippen MR) is 273 cm³/mol. The Labute approximate surface area is 380 Å². The minimum Gasteiger partial charge on any atom is -0.248 e. The van der Waals surface area contributed by atoms with Crippen LogP contribution in [0.1, 0.15) is 0 Å². The summed E-state index contributed by atoms with van der Waals surface area (Å²) < 4.78 is 0. The Balaban J connectivity index is 0.971. The Morgan fingerprint density at radius 3 is 1.36 bits per heavy atom. The highest BCUT2D eigenvalue weighted by molar-refractivity contribution is 6.24. The maximum Gasteiger partial charge on any atom is 0.161 e. The van der Waals surface area contributed by atoms with Crippen LogP contribution in [0.25, 0.3) is 133 Å². The van der Waals surface area contributed by atoms with E-state index in [2.05, 4.69) is 200 Å². The number of aromatic nitrogens is 5. The van der Waals surface area contributed by atoms with Crippen LogP contribution in [0.5, 0.6) is 0 Å². The maximum absolute atomic E-state index is 5.37. The van der Waals surface area contributed by atoms with Crippen LogP contribution in [0.4, 0.5) is 0 Å². The van der Waals surface area contributed by atoms with Crippen molar-refractivity contribution in [3.05, 3.63) is 224 Å². The van der Waals surface area contributed by atoms with Gasteiger partial charge in [-0.2, -0.15) is 0 Å². The van der Waals surface area contributed by atoms with Gasteiger partial charge in [-0.1, -0.05) is 182 Å². The van der Waals surface area contributed by atoms with E-state index >= 15 is 0 Å². The minimum atomic E-state index is 0.654. The van der Waals surface area contributed by atoms with Crippen LogP contribution in [0.15, 0.2) is 224 Å². The van der Waals surface area contributed by atoms with Crippen LogP contribution >= 0.6 is 0 Å². The molecule has 0 bridgehead atoms. The van der Waals surface area contributed by atoms with Gasteiger partial charge in [-0.25, -0.2) is 24.9 Å². The van der Waals surface area contributed by atoms with Crippen molar-refractivity contribution < 1.29 is 0 Å². The first-order valence-corrected chi connectivity index (χ1v) is 22.2. The molecule has 5 nitrogen and oxygen atoms in total. The fourth-order valence-electron chi connectivity index (χ4n) is 9.50. The van der Waals surface area contributed by atoms with Crippen molar-refractivity contribution in [1.82, 2.24) is 24.9 Å². The van der Waals surface area contributed by atoms with E-state index in [9.17, 15) is 0 Å². The first-order valence-electron chi connectivity index (χ1n) is 22.2. The van der Waals surface area contributed by atoms with Crippen molar-refractivity contribution >= 4 is 65.0 Å². The topological polar surface area (TPSA) is 64.5 Å². The van der Waals surface area contributed by atoms with Gasteiger partial charge in [0, 0.05) is 60.3 Å². The molecule has 13 rings (SSSR count). The van der Waals surface area contributed by atoms with E-state index in [1.165, 1.54) is 10.8 Å². The van der Waals surface area contributed by atoms with Crippen molar-refractivity contribution in [2.75, 3.05) is 0 Å². The van der Waals surface area contributed by atoms with Gasteiger partial charge < -0.3 is 0 Å². The SMILES string of the molecule is c1ccc2cc(-c3nc4ccccc4c4c3ccc3c(-c5nc(-c6ccc(-c7ccc8ccccc8n7)cc6)cc(-c6ccc(-c7ccc8ccccc8n7)cc6)n5)cccc34)ccc2c1. The molecule has 13 aromatic rings. The van der Waals surface area contributed by atoms with Crippen molar-refractivity contribution in [2.24, 2.45) is 0 Å². The summed E-state index contributed by atoms with van der Waals surface area (Å²) >= 11 is 0. The summed E-state index contributed by atoms with van der Waals surface area (Å²) in [5, 5.41) is 10.2. The first-order chi connectivity index (χ1) is 32.7. The van der Waals surface area contributed by atoms with Crippen LogP contribution in [0.2, 0.25) is 0 Å². The zero-order chi connectivity index (χ0) is 43.6. The van der Waals surface area contributed by atoms with Gasteiger partial charge in [0.05, 0.1) is 45.0 Å². The second-order valence-electron chi connectivity index (χ2n) is 16.8. The van der Waals surface area contributed by atoms with E-state index in [-0.39, 0.29) is 0 Å². The highest BCUT2D eigenvalue weighted by Gasteiger charge is 2.18. The van der Waals surface area contributed by atoms with Gasteiger partial charge >= 0.3 is 0 Å². The molecule has 5 heteroatoms. The quantitative estimate of drug-likeness (QED) is 0.156. The largest absolute Gasteiger partial charge is 0.248 e. The van der Waals surface area contributed by atoms with E-state index in [4.69, 9.17) is 24.9 Å². The summed E-state index contributed by atoms with van der Waals surface area (Å²) in [6.45, 7) is 0. The summed E-state index contributed by atoms with van der Waals surface area (Å²) in [5.74, 6) is 0.654. The molecular weight excluding hydrogens is 803 g/mol. The highest BCUT2D eigenvalue weighted by atomic mass is 14.9. The molecule has 0 aliphatic carbocycles. The number of fused-ring (bicyclic) bond motifs is 8. The van der Waals surface area contributed by atoms with Gasteiger partial charge in [0.1, 0.15) is 0 Å². The standard InChI is InChI=1S/C61H37N5/c1-2-13-45-36-46(29-20-38(45)10-1)60-51-33-32-47-48(59(51)50-14-5-8-19-56(50)64-60)15-9-16-49(47)61-65-57(43-25-21-41(22-26-43)54-34-30-39-11-3-6-17-52(39)62-54)37-58(66-61)44-27-23-42(24-28-44)55-35-31-40-12-4-7-18-53(40)63-55/h1-37H. The normalized spacial score (nSPS) is 11.6. The molecule has 306 valence electrons. The van der Waals surface area contributed by atoms with Gasteiger partial charge in [0.25, 0.3) is 0 Å². The lowest BCUT2D eigenvalue weighted by Crippen LogP contribution is -1.97. The Morgan fingerprint density at radius 1 is 0.242 bits per heavy atom. The van der Waals surface area contributed by atoms with E-state index in [1.54, 1.807) is 0 Å². The van der Waals surface area contributed by atoms with Gasteiger partial charge in [-0.3, -0.25) is 0 Å². The van der Waals surface area contributed by atoms with Crippen LogP contribution in [0, 0.1) is 0 Å². The predicted octanol–water partition coefficient (Wildman–Crippen LogP) is 15.6. The number of benzene rings is 9. The number of hydrogen-bond acceptors (Lipinski definition) is 5. The van der Waals surface area contributed by atoms with E-state index in [1.807, 2.05) is 24.3 Å². The molecule has 4 heterocycles. The van der Waals surface area contributed by atoms with Gasteiger partial charge in [-0.15, -0.1) is 0 Å². The lowest BCUT2D eigenvalue weighted by molar-refractivity contribution is 1.19. The van der Waals surface area contributed by atoms with Crippen LogP contribution in [-0.2, 0) is 0 Å². The van der Waals surface area contributed by atoms with E-state index in [0.717, 1.165) is 116 Å². The molecule has 0 N–H and O–H groups in total. The molecule has 9 aromatic carbocycles. The number of rotatable bonds is 6. The Morgan fingerprint density at radius 2 is 0.727 bits per heavy atom. The third-order valence-corrected chi connectivity index (χ3v) is 12.9. The summed E-state index contributed by atoms with van der Waals surface area (Å²) in [4.78, 5) is 26.0. The molecule has 0 unspecified atom stereocenters. The second kappa shape index (κ2) is 15.4. The van der Waals surface area contributed by atoms with Crippen molar-refractivity contribution in [1.29, 1.82) is 0 Å². The number of nitrogens with zero attached hydrogens (tertiary/aromatic N) is 5. The molecule has 0 fully saturated rings. The fourth-order valence-corrected chi connectivity index (χ4v) is 9.50. The average Bonchev–Trinajstić information content (AvgIpc) is 3.39. The molecule has 66 heavy (non-hydrogen) atoms. The van der Waals surface area contributed by atoms with Gasteiger partial charge in [-0.05, 0) is 64.0 Å². The fraction of sp³-hybridized carbons (Fsp3) is 0. The zero-order valence-corrected chi connectivity index (χ0v) is 35.6. The maximum atomic E-state index is 5.37. The molecule has 0 aliphatic rings. The monoisotopic (exact) mass is 839 g/mol. The number of pyridine rings is 3. The molecular formula is C61H37N5.